The molecule has 0 radical (unpaired) electrons. The highest BCUT2D eigenvalue weighted by Gasteiger charge is 2.29. The minimum Gasteiger partial charge on any atom is -0.326 e. The highest BCUT2D eigenvalue weighted by Crippen LogP contribution is 2.24. The highest BCUT2D eigenvalue weighted by atomic mass is 16.2. The Hall–Kier alpha value is -2.82. The van der Waals surface area contributed by atoms with E-state index < -0.39 is 0 Å². The molecule has 0 aliphatic carbocycles. The van der Waals surface area contributed by atoms with Gasteiger partial charge in [0, 0.05) is 18.8 Å². The summed E-state index contributed by atoms with van der Waals surface area (Å²) in [6, 6.07) is 14.4. The molecule has 1 aliphatic heterocycles. The van der Waals surface area contributed by atoms with Crippen molar-refractivity contribution in [3.8, 4) is 0 Å². The minimum absolute atomic E-state index is 0.0113. The van der Waals surface area contributed by atoms with Crippen LogP contribution in [0, 0.1) is 20.8 Å². The van der Waals surface area contributed by atoms with Gasteiger partial charge in [0.1, 0.15) is 5.82 Å². The lowest BCUT2D eigenvalue weighted by molar-refractivity contribution is 0.201. The first-order valence-electron chi connectivity index (χ1n) is 9.59. The van der Waals surface area contributed by atoms with E-state index in [1.54, 1.807) is 0 Å². The van der Waals surface area contributed by atoms with Gasteiger partial charge in [0.2, 0.25) is 0 Å². The lowest BCUT2D eigenvalue weighted by Gasteiger charge is -2.26. The Morgan fingerprint density at radius 3 is 2.78 bits per heavy atom. The molecule has 0 bridgehead atoms. The summed E-state index contributed by atoms with van der Waals surface area (Å²) in [5, 5.41) is 3.08. The number of likely N-dealkylation sites (tertiary alicyclic amines) is 1. The van der Waals surface area contributed by atoms with Gasteiger partial charge in [-0.05, 0) is 69.0 Å². The molecule has 5 nitrogen and oxygen atoms in total. The number of aryl methyl sites for hydroxylation is 3. The van der Waals surface area contributed by atoms with E-state index in [1.165, 1.54) is 11.1 Å². The van der Waals surface area contributed by atoms with E-state index in [-0.39, 0.29) is 12.1 Å². The second kappa shape index (κ2) is 7.06. The number of amides is 2. The summed E-state index contributed by atoms with van der Waals surface area (Å²) in [4.78, 5) is 19.5. The number of fused-ring (bicyclic) bond motifs is 1. The van der Waals surface area contributed by atoms with Gasteiger partial charge in [0.05, 0.1) is 17.1 Å². The lowest BCUT2D eigenvalue weighted by Crippen LogP contribution is -2.40. The zero-order valence-corrected chi connectivity index (χ0v) is 16.2. The lowest BCUT2D eigenvalue weighted by atomic mass is 10.1. The molecule has 0 saturated carbocycles. The molecule has 140 valence electrons. The van der Waals surface area contributed by atoms with Crippen LogP contribution in [-0.2, 0) is 6.54 Å². The molecule has 1 unspecified atom stereocenters. The largest absolute Gasteiger partial charge is 0.326 e. The van der Waals surface area contributed by atoms with Crippen molar-refractivity contribution in [1.82, 2.24) is 14.5 Å². The van der Waals surface area contributed by atoms with E-state index in [4.69, 9.17) is 0 Å². The van der Waals surface area contributed by atoms with Gasteiger partial charge in [-0.15, -0.1) is 0 Å². The molecule has 4 rings (SSSR count). The number of rotatable bonds is 3. The zero-order chi connectivity index (χ0) is 19.0. The third kappa shape index (κ3) is 3.42. The molecule has 5 heteroatoms. The standard InChI is InChI=1S/C22H26N4O/c1-15-10-11-18(13-16(15)2)24-22(27)25-12-6-7-19(25)14-26-17(3)23-20-8-4-5-9-21(20)26/h4-5,8-11,13,19H,6-7,12,14H2,1-3H3,(H,24,27). The summed E-state index contributed by atoms with van der Waals surface area (Å²) < 4.78 is 2.24. The molecular formula is C22H26N4O. The molecule has 2 heterocycles. The fourth-order valence-electron chi connectivity index (χ4n) is 3.94. The Labute approximate surface area is 160 Å². The van der Waals surface area contributed by atoms with Crippen molar-refractivity contribution in [3.63, 3.8) is 0 Å². The van der Waals surface area contributed by atoms with Crippen LogP contribution in [0.5, 0.6) is 0 Å². The van der Waals surface area contributed by atoms with Gasteiger partial charge in [0.25, 0.3) is 0 Å². The van der Waals surface area contributed by atoms with E-state index in [9.17, 15) is 4.79 Å². The summed E-state index contributed by atoms with van der Waals surface area (Å²) in [6.07, 6.45) is 2.06. The van der Waals surface area contributed by atoms with Gasteiger partial charge in [-0.2, -0.15) is 0 Å². The number of urea groups is 1. The molecule has 1 N–H and O–H groups in total. The Morgan fingerprint density at radius 2 is 1.96 bits per heavy atom. The molecule has 2 aromatic carbocycles. The number of nitrogens with one attached hydrogen (secondary N) is 1. The summed E-state index contributed by atoms with van der Waals surface area (Å²) in [7, 11) is 0. The van der Waals surface area contributed by atoms with Crippen LogP contribution in [0.25, 0.3) is 11.0 Å². The average Bonchev–Trinajstić information content (AvgIpc) is 3.23. The molecule has 1 aliphatic rings. The van der Waals surface area contributed by atoms with Gasteiger partial charge in [-0.25, -0.2) is 9.78 Å². The fraction of sp³-hybridized carbons (Fsp3) is 0.364. The molecule has 27 heavy (non-hydrogen) atoms. The summed E-state index contributed by atoms with van der Waals surface area (Å²) in [5.41, 5.74) is 5.43. The molecule has 0 spiro atoms. The predicted octanol–water partition coefficient (Wildman–Crippen LogP) is 4.66. The van der Waals surface area contributed by atoms with Crippen LogP contribution in [0.4, 0.5) is 10.5 Å². The maximum atomic E-state index is 12.9. The molecular weight excluding hydrogens is 336 g/mol. The monoisotopic (exact) mass is 362 g/mol. The number of nitrogens with zero attached hydrogens (tertiary/aromatic N) is 3. The van der Waals surface area contributed by atoms with Crippen molar-refractivity contribution in [2.24, 2.45) is 0 Å². The molecule has 1 atom stereocenters. The number of aromatic nitrogens is 2. The van der Waals surface area contributed by atoms with Gasteiger partial charge < -0.3 is 14.8 Å². The number of imidazole rings is 1. The maximum Gasteiger partial charge on any atom is 0.322 e. The maximum absolute atomic E-state index is 12.9. The van der Waals surface area contributed by atoms with Gasteiger partial charge in [-0.3, -0.25) is 0 Å². The second-order valence-electron chi connectivity index (χ2n) is 7.48. The van der Waals surface area contributed by atoms with Crippen LogP contribution in [0.2, 0.25) is 0 Å². The number of hydrogen-bond donors (Lipinski definition) is 1. The smallest absolute Gasteiger partial charge is 0.322 e. The van der Waals surface area contributed by atoms with Crippen LogP contribution in [0.15, 0.2) is 42.5 Å². The topological polar surface area (TPSA) is 50.2 Å². The Morgan fingerprint density at radius 1 is 1.15 bits per heavy atom. The van der Waals surface area contributed by atoms with Gasteiger partial charge >= 0.3 is 6.03 Å². The van der Waals surface area contributed by atoms with Crippen molar-refractivity contribution in [1.29, 1.82) is 0 Å². The number of anilines is 1. The number of hydrogen-bond acceptors (Lipinski definition) is 2. The molecule has 3 aromatic rings. The van der Waals surface area contributed by atoms with Crippen LogP contribution >= 0.6 is 0 Å². The Kier molecular flexibility index (Phi) is 4.60. The zero-order valence-electron chi connectivity index (χ0n) is 16.2. The first kappa shape index (κ1) is 17.6. The molecule has 1 aromatic heterocycles. The number of para-hydroxylation sites is 2. The predicted molar refractivity (Wildman–Crippen MR) is 109 cm³/mol. The quantitative estimate of drug-likeness (QED) is 0.737. The first-order valence-corrected chi connectivity index (χ1v) is 9.59. The Balaban J connectivity index is 1.52. The first-order chi connectivity index (χ1) is 13.0. The van der Waals surface area contributed by atoms with Crippen molar-refractivity contribution in [2.75, 3.05) is 11.9 Å². The highest BCUT2D eigenvalue weighted by molar-refractivity contribution is 5.90. The van der Waals surface area contributed by atoms with Gasteiger partial charge in [-0.1, -0.05) is 18.2 Å². The number of carbonyl (C=O) groups is 1. The summed E-state index contributed by atoms with van der Waals surface area (Å²) in [5.74, 6) is 0.998. The van der Waals surface area contributed by atoms with Crippen LogP contribution < -0.4 is 5.32 Å². The van der Waals surface area contributed by atoms with Crippen molar-refractivity contribution in [2.45, 2.75) is 46.2 Å². The number of carbonyl (C=O) groups excluding carboxylic acids is 1. The average molecular weight is 362 g/mol. The van der Waals surface area contributed by atoms with E-state index in [1.807, 2.05) is 48.2 Å². The van der Waals surface area contributed by atoms with Crippen molar-refractivity contribution in [3.05, 3.63) is 59.4 Å². The fourth-order valence-corrected chi connectivity index (χ4v) is 3.94. The SMILES string of the molecule is Cc1ccc(NC(=O)N2CCCC2Cn2c(C)nc3ccccc32)cc1C. The summed E-state index contributed by atoms with van der Waals surface area (Å²) in [6.45, 7) is 7.76. The Bertz CT molecular complexity index is 991. The number of benzene rings is 2. The van der Waals surface area contributed by atoms with Crippen LogP contribution in [0.1, 0.15) is 29.8 Å². The summed E-state index contributed by atoms with van der Waals surface area (Å²) >= 11 is 0. The van der Waals surface area contributed by atoms with Crippen molar-refractivity contribution < 1.29 is 4.79 Å². The molecule has 2 amide bonds. The minimum atomic E-state index is -0.0113. The second-order valence-corrected chi connectivity index (χ2v) is 7.48. The van der Waals surface area contributed by atoms with Crippen LogP contribution in [-0.4, -0.2) is 33.1 Å². The third-order valence-electron chi connectivity index (χ3n) is 5.63. The van der Waals surface area contributed by atoms with E-state index in [2.05, 4.69) is 34.8 Å². The molecule has 1 fully saturated rings. The normalized spacial score (nSPS) is 16.9. The van der Waals surface area contributed by atoms with E-state index in [0.717, 1.165) is 48.5 Å². The van der Waals surface area contributed by atoms with Gasteiger partial charge in [0.15, 0.2) is 0 Å². The van der Waals surface area contributed by atoms with E-state index in [0.29, 0.717) is 0 Å². The molecule has 1 saturated heterocycles. The van der Waals surface area contributed by atoms with E-state index >= 15 is 0 Å². The third-order valence-corrected chi connectivity index (χ3v) is 5.63. The van der Waals surface area contributed by atoms with Crippen molar-refractivity contribution >= 4 is 22.8 Å². The van der Waals surface area contributed by atoms with Crippen LogP contribution in [0.3, 0.4) is 0 Å².